The molecule has 0 aliphatic carbocycles. The van der Waals surface area contributed by atoms with Crippen LogP contribution in [0.15, 0.2) is 52.4 Å². The largest absolute Gasteiger partial charge is 0.305 e. The number of aromatic nitrogens is 1. The number of hydrogen-bond donors (Lipinski definition) is 0. The standard InChI is InChI=1S/C23H22N4O5S2/c1-3-12-26-20-9-6-18(27(29)30)15-21(20)33-23(26)24-22(28)17-10-13-25(14-11-17)34(31,32)19-7-4-16(2)5-8-19/h1,4-9,15,17H,10-14H2,2H3. The van der Waals surface area contributed by atoms with Crippen LogP contribution in [0.2, 0.25) is 0 Å². The number of nitro benzene ring substituents is 1. The Morgan fingerprint density at radius 2 is 1.91 bits per heavy atom. The smallest absolute Gasteiger partial charge is 0.270 e. The number of benzene rings is 2. The molecule has 1 amide bonds. The summed E-state index contributed by atoms with van der Waals surface area (Å²) >= 11 is 1.16. The fourth-order valence-corrected chi connectivity index (χ4v) is 6.43. The third-order valence-electron chi connectivity index (χ3n) is 5.79. The molecule has 2 heterocycles. The molecule has 1 fully saturated rings. The Labute approximate surface area is 200 Å². The van der Waals surface area contributed by atoms with Crippen LogP contribution >= 0.6 is 11.3 Å². The van der Waals surface area contributed by atoms with Crippen molar-refractivity contribution >= 4 is 43.2 Å². The van der Waals surface area contributed by atoms with E-state index in [9.17, 15) is 23.3 Å². The van der Waals surface area contributed by atoms with Crippen LogP contribution in [0, 0.1) is 35.3 Å². The predicted molar refractivity (Wildman–Crippen MR) is 129 cm³/mol. The molecular weight excluding hydrogens is 476 g/mol. The highest BCUT2D eigenvalue weighted by atomic mass is 32.2. The van der Waals surface area contributed by atoms with Crippen LogP contribution in [0.4, 0.5) is 5.69 Å². The van der Waals surface area contributed by atoms with Gasteiger partial charge >= 0.3 is 0 Å². The number of terminal acetylenes is 1. The highest BCUT2D eigenvalue weighted by molar-refractivity contribution is 7.89. The molecule has 1 aliphatic heterocycles. The van der Waals surface area contributed by atoms with Gasteiger partial charge in [-0.1, -0.05) is 35.0 Å². The number of amides is 1. The van der Waals surface area contributed by atoms with E-state index < -0.39 is 20.9 Å². The number of rotatable bonds is 5. The Kier molecular flexibility index (Phi) is 6.65. The summed E-state index contributed by atoms with van der Waals surface area (Å²) in [6, 6.07) is 11.1. The van der Waals surface area contributed by atoms with Gasteiger partial charge in [-0.3, -0.25) is 14.9 Å². The molecule has 0 spiro atoms. The van der Waals surface area contributed by atoms with E-state index in [0.29, 0.717) is 27.9 Å². The maximum absolute atomic E-state index is 12.9. The molecule has 2 aromatic carbocycles. The van der Waals surface area contributed by atoms with Gasteiger partial charge in [-0.15, -0.1) is 6.42 Å². The zero-order chi connectivity index (χ0) is 24.5. The van der Waals surface area contributed by atoms with Gasteiger partial charge in [0.15, 0.2) is 4.80 Å². The van der Waals surface area contributed by atoms with Crippen LogP contribution in [-0.2, 0) is 21.4 Å². The molecule has 11 heteroatoms. The van der Waals surface area contributed by atoms with E-state index in [1.165, 1.54) is 16.4 Å². The molecule has 0 bridgehead atoms. The van der Waals surface area contributed by atoms with Gasteiger partial charge in [0.2, 0.25) is 10.0 Å². The highest BCUT2D eigenvalue weighted by Gasteiger charge is 2.32. The Morgan fingerprint density at radius 3 is 2.53 bits per heavy atom. The van der Waals surface area contributed by atoms with Crippen LogP contribution in [0.3, 0.4) is 0 Å². The summed E-state index contributed by atoms with van der Waals surface area (Å²) < 4.78 is 29.5. The summed E-state index contributed by atoms with van der Waals surface area (Å²) in [5.74, 6) is 1.76. The summed E-state index contributed by atoms with van der Waals surface area (Å²) in [6.45, 7) is 2.51. The first-order chi connectivity index (χ1) is 16.2. The maximum Gasteiger partial charge on any atom is 0.270 e. The Balaban J connectivity index is 1.55. The number of carbonyl (C=O) groups is 1. The number of carbonyl (C=O) groups excluding carboxylic acids is 1. The molecule has 0 N–H and O–H groups in total. The molecule has 9 nitrogen and oxygen atoms in total. The molecule has 0 unspecified atom stereocenters. The van der Waals surface area contributed by atoms with Crippen molar-refractivity contribution in [1.82, 2.24) is 8.87 Å². The van der Waals surface area contributed by atoms with E-state index in [1.807, 2.05) is 6.92 Å². The SMILES string of the molecule is C#CCn1c(=NC(=O)C2CCN(S(=O)(=O)c3ccc(C)cc3)CC2)sc2cc([N+](=O)[O-])ccc21. The summed E-state index contributed by atoms with van der Waals surface area (Å²) in [5.41, 5.74) is 1.59. The first-order valence-electron chi connectivity index (χ1n) is 10.6. The first kappa shape index (κ1) is 23.8. The van der Waals surface area contributed by atoms with Crippen molar-refractivity contribution in [3.05, 3.63) is 62.9 Å². The van der Waals surface area contributed by atoms with Crippen molar-refractivity contribution in [3.8, 4) is 12.3 Å². The van der Waals surface area contributed by atoms with E-state index in [-0.39, 0.29) is 36.1 Å². The molecule has 34 heavy (non-hydrogen) atoms. The normalized spacial score (nSPS) is 15.9. The minimum absolute atomic E-state index is 0.0540. The second-order valence-corrected chi connectivity index (χ2v) is 11.0. The number of thiazole rings is 1. The summed E-state index contributed by atoms with van der Waals surface area (Å²) in [5, 5.41) is 11.1. The van der Waals surface area contributed by atoms with E-state index in [1.54, 1.807) is 34.9 Å². The fraction of sp³-hybridized carbons (Fsp3) is 0.304. The van der Waals surface area contributed by atoms with Crippen molar-refractivity contribution in [1.29, 1.82) is 0 Å². The van der Waals surface area contributed by atoms with Crippen molar-refractivity contribution in [2.45, 2.75) is 31.2 Å². The minimum atomic E-state index is -3.62. The molecule has 0 radical (unpaired) electrons. The zero-order valence-electron chi connectivity index (χ0n) is 18.4. The number of nitrogens with zero attached hydrogens (tertiary/aromatic N) is 4. The van der Waals surface area contributed by atoms with Gasteiger partial charge in [-0.2, -0.15) is 9.30 Å². The topological polar surface area (TPSA) is 115 Å². The lowest BCUT2D eigenvalue weighted by Crippen LogP contribution is -2.40. The summed E-state index contributed by atoms with van der Waals surface area (Å²) in [4.78, 5) is 28.4. The van der Waals surface area contributed by atoms with Gasteiger partial charge in [0.1, 0.15) is 0 Å². The first-order valence-corrected chi connectivity index (χ1v) is 12.8. The fourth-order valence-electron chi connectivity index (χ4n) is 3.89. The monoisotopic (exact) mass is 498 g/mol. The lowest BCUT2D eigenvalue weighted by atomic mass is 9.98. The van der Waals surface area contributed by atoms with Crippen LogP contribution in [0.25, 0.3) is 10.2 Å². The Morgan fingerprint density at radius 1 is 1.24 bits per heavy atom. The molecular formula is C23H22N4O5S2. The maximum atomic E-state index is 12.9. The van der Waals surface area contributed by atoms with E-state index >= 15 is 0 Å². The van der Waals surface area contributed by atoms with Crippen LogP contribution in [0.5, 0.6) is 0 Å². The number of fused-ring (bicyclic) bond motifs is 1. The molecule has 1 aromatic heterocycles. The van der Waals surface area contributed by atoms with Crippen LogP contribution < -0.4 is 4.80 Å². The molecule has 176 valence electrons. The van der Waals surface area contributed by atoms with Gasteiger partial charge in [0, 0.05) is 31.1 Å². The predicted octanol–water partition coefficient (Wildman–Crippen LogP) is 3.08. The molecule has 0 saturated carbocycles. The quantitative estimate of drug-likeness (QED) is 0.305. The van der Waals surface area contributed by atoms with Crippen molar-refractivity contribution in [2.24, 2.45) is 10.9 Å². The average molecular weight is 499 g/mol. The third kappa shape index (κ3) is 4.65. The van der Waals surface area contributed by atoms with Crippen LogP contribution in [-0.4, -0.2) is 41.2 Å². The van der Waals surface area contributed by atoms with Gasteiger partial charge < -0.3 is 4.57 Å². The number of hydrogen-bond acceptors (Lipinski definition) is 6. The molecule has 1 aliphatic rings. The third-order valence-corrected chi connectivity index (χ3v) is 8.75. The lowest BCUT2D eigenvalue weighted by Gasteiger charge is -2.29. The van der Waals surface area contributed by atoms with Crippen molar-refractivity contribution < 1.29 is 18.1 Å². The number of sulfonamides is 1. The van der Waals surface area contributed by atoms with E-state index in [4.69, 9.17) is 6.42 Å². The lowest BCUT2D eigenvalue weighted by molar-refractivity contribution is -0.384. The molecule has 4 rings (SSSR count). The summed E-state index contributed by atoms with van der Waals surface area (Å²) in [7, 11) is -3.62. The highest BCUT2D eigenvalue weighted by Crippen LogP contribution is 2.26. The van der Waals surface area contributed by atoms with E-state index in [2.05, 4.69) is 10.9 Å². The molecule has 1 saturated heterocycles. The zero-order valence-corrected chi connectivity index (χ0v) is 20.0. The van der Waals surface area contributed by atoms with Gasteiger partial charge in [0.05, 0.1) is 26.6 Å². The number of non-ortho nitro benzene ring substituents is 1. The molecule has 0 atom stereocenters. The Hall–Kier alpha value is -3.33. The average Bonchev–Trinajstić information content (AvgIpc) is 3.15. The van der Waals surface area contributed by atoms with Gasteiger partial charge in [-0.25, -0.2) is 8.42 Å². The number of piperidine rings is 1. The number of aryl methyl sites for hydroxylation is 1. The second-order valence-electron chi connectivity index (χ2n) is 8.03. The Bertz CT molecular complexity index is 1470. The van der Waals surface area contributed by atoms with Gasteiger partial charge in [-0.05, 0) is 38.0 Å². The van der Waals surface area contributed by atoms with Crippen LogP contribution in [0.1, 0.15) is 18.4 Å². The second kappa shape index (κ2) is 9.50. The van der Waals surface area contributed by atoms with Crippen molar-refractivity contribution in [3.63, 3.8) is 0 Å². The van der Waals surface area contributed by atoms with Gasteiger partial charge in [0.25, 0.3) is 11.6 Å². The van der Waals surface area contributed by atoms with Crippen molar-refractivity contribution in [2.75, 3.05) is 13.1 Å². The van der Waals surface area contributed by atoms with E-state index in [0.717, 1.165) is 16.9 Å². The summed E-state index contributed by atoms with van der Waals surface area (Å²) in [6.07, 6.45) is 6.20. The number of nitro groups is 1. The molecule has 3 aromatic rings. The minimum Gasteiger partial charge on any atom is -0.305 e.